The molecule has 126 valence electrons. The summed E-state index contributed by atoms with van der Waals surface area (Å²) in [7, 11) is 2.12. The van der Waals surface area contributed by atoms with E-state index in [0.29, 0.717) is 0 Å². The molecule has 0 N–H and O–H groups in total. The fourth-order valence-electron chi connectivity index (χ4n) is 4.52. The van der Waals surface area contributed by atoms with Gasteiger partial charge in [-0.2, -0.15) is 0 Å². The largest absolute Gasteiger partial charge is 0.212 e. The zero-order valence-corrected chi connectivity index (χ0v) is 15.9. The summed E-state index contributed by atoms with van der Waals surface area (Å²) in [5, 5.41) is 0. The summed E-state index contributed by atoms with van der Waals surface area (Å²) in [6.07, 6.45) is 3.20. The standard InChI is InChI=1S/C24H26N/c1-6-17-10-9-11-18-20-15-19(22-12-7-8-13-25(22)5)16(2)14-21(20)24(3,4)23(17)18/h7-15H,6H2,1-5H3/q+1. The van der Waals surface area contributed by atoms with Crippen LogP contribution < -0.4 is 4.57 Å². The van der Waals surface area contributed by atoms with E-state index in [4.69, 9.17) is 0 Å². The molecule has 1 nitrogen and oxygen atoms in total. The number of hydrogen-bond donors (Lipinski definition) is 0. The Bertz CT molecular complexity index is 979. The number of fused-ring (bicyclic) bond motifs is 3. The van der Waals surface area contributed by atoms with Crippen molar-refractivity contribution in [1.29, 1.82) is 0 Å². The Hall–Kier alpha value is -2.41. The van der Waals surface area contributed by atoms with Crippen LogP contribution in [0.2, 0.25) is 0 Å². The van der Waals surface area contributed by atoms with Crippen molar-refractivity contribution in [1.82, 2.24) is 0 Å². The second-order valence-corrected chi connectivity index (χ2v) is 7.73. The van der Waals surface area contributed by atoms with Gasteiger partial charge in [-0.3, -0.25) is 0 Å². The molecular formula is C24H26N+. The van der Waals surface area contributed by atoms with Crippen molar-refractivity contribution in [2.75, 3.05) is 0 Å². The smallest absolute Gasteiger partial charge is 0.201 e. The van der Waals surface area contributed by atoms with Gasteiger partial charge in [0, 0.05) is 23.1 Å². The molecule has 1 aliphatic carbocycles. The zero-order chi connectivity index (χ0) is 17.8. The minimum Gasteiger partial charge on any atom is -0.201 e. The average Bonchev–Trinajstić information content (AvgIpc) is 2.82. The lowest BCUT2D eigenvalue weighted by molar-refractivity contribution is -0.660. The lowest BCUT2D eigenvalue weighted by Crippen LogP contribution is -2.30. The van der Waals surface area contributed by atoms with Gasteiger partial charge in [0.15, 0.2) is 6.20 Å². The van der Waals surface area contributed by atoms with E-state index in [2.05, 4.69) is 94.0 Å². The maximum Gasteiger partial charge on any atom is 0.212 e. The number of nitrogens with zero attached hydrogens (tertiary/aromatic N) is 1. The van der Waals surface area contributed by atoms with Gasteiger partial charge in [-0.05, 0) is 58.9 Å². The molecule has 0 fully saturated rings. The van der Waals surface area contributed by atoms with E-state index in [-0.39, 0.29) is 5.41 Å². The molecule has 1 heteroatoms. The van der Waals surface area contributed by atoms with Crippen LogP contribution in [-0.2, 0) is 18.9 Å². The first-order chi connectivity index (χ1) is 11.9. The van der Waals surface area contributed by atoms with E-state index in [1.807, 2.05) is 0 Å². The second kappa shape index (κ2) is 5.56. The van der Waals surface area contributed by atoms with E-state index in [1.165, 1.54) is 44.6 Å². The highest BCUT2D eigenvalue weighted by molar-refractivity contribution is 5.85. The first-order valence-corrected chi connectivity index (χ1v) is 9.18. The van der Waals surface area contributed by atoms with Crippen LogP contribution in [0.25, 0.3) is 22.4 Å². The topological polar surface area (TPSA) is 3.88 Å². The van der Waals surface area contributed by atoms with E-state index in [1.54, 1.807) is 0 Å². The molecule has 0 amide bonds. The minimum atomic E-state index is 0.0689. The van der Waals surface area contributed by atoms with Gasteiger partial charge in [0.1, 0.15) is 7.05 Å². The fourth-order valence-corrected chi connectivity index (χ4v) is 4.52. The Balaban J connectivity index is 2.03. The molecule has 1 aromatic heterocycles. The number of pyridine rings is 1. The number of aromatic nitrogens is 1. The normalized spacial score (nSPS) is 14.3. The van der Waals surface area contributed by atoms with Crippen molar-refractivity contribution in [3.63, 3.8) is 0 Å². The summed E-state index contributed by atoms with van der Waals surface area (Å²) in [5.74, 6) is 0. The molecule has 4 rings (SSSR count). The van der Waals surface area contributed by atoms with Crippen LogP contribution in [0.4, 0.5) is 0 Å². The monoisotopic (exact) mass is 328 g/mol. The van der Waals surface area contributed by atoms with Gasteiger partial charge in [0.25, 0.3) is 0 Å². The lowest BCUT2D eigenvalue weighted by atomic mass is 9.79. The van der Waals surface area contributed by atoms with Crippen LogP contribution >= 0.6 is 0 Å². The van der Waals surface area contributed by atoms with E-state index in [9.17, 15) is 0 Å². The van der Waals surface area contributed by atoms with Gasteiger partial charge in [-0.1, -0.05) is 45.0 Å². The highest BCUT2D eigenvalue weighted by Gasteiger charge is 2.37. The van der Waals surface area contributed by atoms with Gasteiger partial charge in [0.05, 0.1) is 0 Å². The van der Waals surface area contributed by atoms with Crippen molar-refractivity contribution in [2.24, 2.45) is 7.05 Å². The molecule has 3 aromatic rings. The molecule has 0 spiro atoms. The number of aryl methyl sites for hydroxylation is 3. The molecule has 0 unspecified atom stereocenters. The predicted octanol–water partition coefficient (Wildman–Crippen LogP) is 5.36. The van der Waals surface area contributed by atoms with E-state index < -0.39 is 0 Å². The second-order valence-electron chi connectivity index (χ2n) is 7.73. The molecule has 0 saturated carbocycles. The van der Waals surface area contributed by atoms with Crippen LogP contribution in [0.3, 0.4) is 0 Å². The first kappa shape index (κ1) is 16.1. The summed E-state index contributed by atoms with van der Waals surface area (Å²) >= 11 is 0. The Morgan fingerprint density at radius 2 is 1.72 bits per heavy atom. The van der Waals surface area contributed by atoms with Gasteiger partial charge < -0.3 is 0 Å². The third-order valence-corrected chi connectivity index (χ3v) is 5.82. The third-order valence-electron chi connectivity index (χ3n) is 5.82. The lowest BCUT2D eigenvalue weighted by Gasteiger charge is -2.24. The molecule has 2 aromatic carbocycles. The van der Waals surface area contributed by atoms with E-state index >= 15 is 0 Å². The number of rotatable bonds is 2. The maximum absolute atomic E-state index is 2.41. The Morgan fingerprint density at radius 3 is 2.44 bits per heavy atom. The molecule has 0 radical (unpaired) electrons. The fraction of sp³-hybridized carbons (Fsp3) is 0.292. The average molecular weight is 328 g/mol. The van der Waals surface area contributed by atoms with Crippen molar-refractivity contribution >= 4 is 0 Å². The highest BCUT2D eigenvalue weighted by atomic mass is 14.9. The van der Waals surface area contributed by atoms with Crippen LogP contribution in [0.5, 0.6) is 0 Å². The first-order valence-electron chi connectivity index (χ1n) is 9.18. The summed E-state index contributed by atoms with van der Waals surface area (Å²) in [6, 6.07) is 18.0. The molecule has 1 heterocycles. The molecule has 0 saturated heterocycles. The van der Waals surface area contributed by atoms with Gasteiger partial charge in [-0.15, -0.1) is 0 Å². The summed E-state index contributed by atoms with van der Waals surface area (Å²) in [5.41, 5.74) is 11.3. The quantitative estimate of drug-likeness (QED) is 0.558. The van der Waals surface area contributed by atoms with Crippen LogP contribution in [-0.4, -0.2) is 0 Å². The van der Waals surface area contributed by atoms with Crippen LogP contribution in [0.15, 0.2) is 54.7 Å². The molecule has 0 bridgehead atoms. The van der Waals surface area contributed by atoms with Gasteiger partial charge in [-0.25, -0.2) is 4.57 Å². The van der Waals surface area contributed by atoms with Crippen LogP contribution in [0.1, 0.15) is 43.0 Å². The molecular weight excluding hydrogens is 302 g/mol. The molecule has 0 atom stereocenters. The van der Waals surface area contributed by atoms with Gasteiger partial charge >= 0.3 is 0 Å². The number of benzene rings is 2. The number of hydrogen-bond acceptors (Lipinski definition) is 0. The predicted molar refractivity (Wildman–Crippen MR) is 105 cm³/mol. The van der Waals surface area contributed by atoms with Crippen LogP contribution in [0, 0.1) is 6.92 Å². The maximum atomic E-state index is 2.41. The third kappa shape index (κ3) is 2.26. The Labute approximate surface area is 151 Å². The van der Waals surface area contributed by atoms with Crippen molar-refractivity contribution in [2.45, 2.75) is 39.5 Å². The highest BCUT2D eigenvalue weighted by Crippen LogP contribution is 2.51. The molecule has 0 aliphatic heterocycles. The van der Waals surface area contributed by atoms with E-state index in [0.717, 1.165) is 6.42 Å². The summed E-state index contributed by atoms with van der Waals surface area (Å²) in [4.78, 5) is 0. The molecule has 25 heavy (non-hydrogen) atoms. The Kier molecular flexibility index (Phi) is 3.57. The molecule has 1 aliphatic rings. The minimum absolute atomic E-state index is 0.0689. The van der Waals surface area contributed by atoms with Gasteiger partial charge in [0.2, 0.25) is 5.69 Å². The summed E-state index contributed by atoms with van der Waals surface area (Å²) < 4.78 is 2.21. The van der Waals surface area contributed by atoms with Crippen molar-refractivity contribution < 1.29 is 4.57 Å². The van der Waals surface area contributed by atoms with Crippen molar-refractivity contribution in [3.05, 3.63) is 77.0 Å². The Morgan fingerprint density at radius 1 is 0.920 bits per heavy atom. The zero-order valence-electron chi connectivity index (χ0n) is 15.9. The SMILES string of the molecule is CCc1cccc2c1C(C)(C)c1cc(C)c(-c3cccc[n+]3C)cc1-2. The summed E-state index contributed by atoms with van der Waals surface area (Å²) in [6.45, 7) is 9.24. The van der Waals surface area contributed by atoms with Crippen molar-refractivity contribution in [3.8, 4) is 22.4 Å².